The molecular weight excluding hydrogens is 406 g/mol. The lowest BCUT2D eigenvalue weighted by Gasteiger charge is -2.36. The van der Waals surface area contributed by atoms with Crippen molar-refractivity contribution in [2.24, 2.45) is 0 Å². The second kappa shape index (κ2) is 10.5. The highest BCUT2D eigenvalue weighted by Gasteiger charge is 2.26. The van der Waals surface area contributed by atoms with Gasteiger partial charge in [-0.15, -0.1) is 0 Å². The van der Waals surface area contributed by atoms with E-state index in [2.05, 4.69) is 28.0 Å². The van der Waals surface area contributed by atoms with Crippen LogP contribution in [-0.4, -0.2) is 61.2 Å². The van der Waals surface area contributed by atoms with Gasteiger partial charge >= 0.3 is 12.1 Å². The second-order valence-electron chi connectivity index (χ2n) is 8.23. The molecule has 0 N–H and O–H groups in total. The Labute approximate surface area is 189 Å². The number of carbonyl (C=O) groups is 2. The third kappa shape index (κ3) is 5.59. The highest BCUT2D eigenvalue weighted by Crippen LogP contribution is 2.28. The Bertz CT molecular complexity index is 926. The first kappa shape index (κ1) is 22.1. The van der Waals surface area contributed by atoms with Gasteiger partial charge in [-0.05, 0) is 35.7 Å². The topological polar surface area (TPSA) is 62.3 Å². The largest absolute Gasteiger partial charge is 0.466 e. The number of nitrogens with zero attached hydrogens (tertiary/aromatic N) is 3. The Morgan fingerprint density at radius 1 is 0.906 bits per heavy atom. The quantitative estimate of drug-likeness (QED) is 0.619. The average molecular weight is 438 g/mol. The number of fused-ring (bicyclic) bond motifs is 1. The maximum atomic E-state index is 12.5. The molecule has 0 spiro atoms. The number of ether oxygens (including phenoxy) is 2. The fourth-order valence-electron chi connectivity index (χ4n) is 4.23. The number of piperazine rings is 1. The van der Waals surface area contributed by atoms with Crippen molar-refractivity contribution < 1.29 is 19.1 Å². The van der Waals surface area contributed by atoms with Gasteiger partial charge in [0.2, 0.25) is 0 Å². The van der Waals surface area contributed by atoms with E-state index in [4.69, 9.17) is 9.47 Å². The Morgan fingerprint density at radius 3 is 2.41 bits per heavy atom. The van der Waals surface area contributed by atoms with Crippen LogP contribution >= 0.6 is 0 Å². The average Bonchev–Trinajstić information content (AvgIpc) is 3.26. The molecule has 0 bridgehead atoms. The minimum Gasteiger partial charge on any atom is -0.466 e. The Morgan fingerprint density at radius 2 is 1.66 bits per heavy atom. The van der Waals surface area contributed by atoms with Gasteiger partial charge in [-0.2, -0.15) is 0 Å². The van der Waals surface area contributed by atoms with Gasteiger partial charge in [-0.3, -0.25) is 14.6 Å². The number of carbonyl (C=O) groups excluding carboxylic acids is 2. The van der Waals surface area contributed by atoms with Crippen molar-refractivity contribution in [3.05, 3.63) is 65.2 Å². The summed E-state index contributed by atoms with van der Waals surface area (Å²) in [7, 11) is 0. The van der Waals surface area contributed by atoms with Crippen molar-refractivity contribution >= 4 is 17.7 Å². The zero-order valence-corrected chi connectivity index (χ0v) is 18.7. The summed E-state index contributed by atoms with van der Waals surface area (Å²) in [5.41, 5.74) is 4.54. The number of anilines is 1. The zero-order valence-electron chi connectivity index (χ0n) is 18.7. The van der Waals surface area contributed by atoms with Crippen LogP contribution in [0, 0.1) is 0 Å². The monoisotopic (exact) mass is 437 g/mol. The summed E-state index contributed by atoms with van der Waals surface area (Å²) in [6.45, 7) is 8.17. The summed E-state index contributed by atoms with van der Waals surface area (Å²) in [6, 6.07) is 16.2. The van der Waals surface area contributed by atoms with E-state index in [1.54, 1.807) is 4.90 Å². The lowest BCUT2D eigenvalue weighted by Crippen LogP contribution is -2.47. The summed E-state index contributed by atoms with van der Waals surface area (Å²) in [4.78, 5) is 30.5. The summed E-state index contributed by atoms with van der Waals surface area (Å²) in [6.07, 6.45) is 0.171. The molecule has 2 aliphatic heterocycles. The van der Waals surface area contributed by atoms with Gasteiger partial charge in [0.05, 0.1) is 13.0 Å². The Kier molecular flexibility index (Phi) is 7.27. The minimum absolute atomic E-state index is 0.125. The molecule has 2 heterocycles. The molecule has 2 aromatic rings. The number of hydrogen-bond donors (Lipinski definition) is 0. The van der Waals surface area contributed by atoms with Crippen LogP contribution in [0.4, 0.5) is 10.5 Å². The molecule has 170 valence electrons. The predicted molar refractivity (Wildman–Crippen MR) is 122 cm³/mol. The lowest BCUT2D eigenvalue weighted by atomic mass is 10.1. The fourth-order valence-corrected chi connectivity index (χ4v) is 4.23. The minimum atomic E-state index is -0.276. The van der Waals surface area contributed by atoms with E-state index >= 15 is 0 Å². The van der Waals surface area contributed by atoms with Gasteiger partial charge in [-0.1, -0.05) is 36.4 Å². The van der Waals surface area contributed by atoms with Crippen molar-refractivity contribution in [3.63, 3.8) is 0 Å². The van der Waals surface area contributed by atoms with E-state index in [1.165, 1.54) is 16.8 Å². The van der Waals surface area contributed by atoms with Crippen LogP contribution in [0.25, 0.3) is 0 Å². The molecule has 2 aliphatic rings. The highest BCUT2D eigenvalue weighted by molar-refractivity contribution is 5.70. The number of benzene rings is 2. The van der Waals surface area contributed by atoms with Gasteiger partial charge in [0.15, 0.2) is 0 Å². The number of rotatable bonds is 7. The number of hydrogen-bond acceptors (Lipinski definition) is 6. The van der Waals surface area contributed by atoms with Crippen molar-refractivity contribution in [1.82, 2.24) is 9.80 Å². The fraction of sp³-hybridized carbons (Fsp3) is 0.440. The summed E-state index contributed by atoms with van der Waals surface area (Å²) >= 11 is 0. The molecule has 0 atom stereocenters. The highest BCUT2D eigenvalue weighted by atomic mass is 16.6. The van der Waals surface area contributed by atoms with Gasteiger partial charge in [0.1, 0.15) is 6.61 Å². The van der Waals surface area contributed by atoms with Gasteiger partial charge < -0.3 is 14.4 Å². The Balaban J connectivity index is 1.26. The Hall–Kier alpha value is -3.06. The molecule has 32 heavy (non-hydrogen) atoms. The first-order valence-corrected chi connectivity index (χ1v) is 11.3. The molecule has 0 radical (unpaired) electrons. The van der Waals surface area contributed by atoms with E-state index in [0.29, 0.717) is 26.1 Å². The molecule has 0 aromatic heterocycles. The molecule has 1 fully saturated rings. The van der Waals surface area contributed by atoms with Crippen LogP contribution in [-0.2, 0) is 34.0 Å². The van der Waals surface area contributed by atoms with E-state index in [-0.39, 0.29) is 18.7 Å². The smallest absolute Gasteiger partial charge is 0.410 e. The number of amides is 1. The van der Waals surface area contributed by atoms with Gasteiger partial charge in [0.25, 0.3) is 0 Å². The first-order valence-electron chi connectivity index (χ1n) is 11.3. The standard InChI is InChI=1S/C25H31N3O4/c1-2-31-24(29)10-11-26-12-14-27(15-13-26)23-9-8-21-17-28(18-22(21)16-23)25(30)32-19-20-6-4-3-5-7-20/h3-9,16H,2,10-15,17-19H2,1H3. The molecule has 0 aliphatic carbocycles. The normalized spacial score (nSPS) is 16.0. The van der Waals surface area contributed by atoms with Crippen LogP contribution in [0.1, 0.15) is 30.0 Å². The maximum absolute atomic E-state index is 12.5. The molecule has 0 unspecified atom stereocenters. The van der Waals surface area contributed by atoms with Crippen LogP contribution < -0.4 is 4.90 Å². The van der Waals surface area contributed by atoms with Crippen LogP contribution in [0.2, 0.25) is 0 Å². The summed E-state index contributed by atoms with van der Waals surface area (Å²) in [5.74, 6) is -0.125. The van der Waals surface area contributed by atoms with Crippen molar-refractivity contribution in [3.8, 4) is 0 Å². The molecule has 1 saturated heterocycles. The van der Waals surface area contributed by atoms with Crippen molar-refractivity contribution in [1.29, 1.82) is 0 Å². The van der Waals surface area contributed by atoms with Crippen LogP contribution in [0.5, 0.6) is 0 Å². The molecule has 7 nitrogen and oxygen atoms in total. The van der Waals surface area contributed by atoms with Crippen LogP contribution in [0.3, 0.4) is 0 Å². The van der Waals surface area contributed by atoms with Gasteiger partial charge in [0, 0.05) is 51.5 Å². The third-order valence-electron chi connectivity index (χ3n) is 6.05. The van der Waals surface area contributed by atoms with Crippen molar-refractivity contribution in [2.45, 2.75) is 33.0 Å². The van der Waals surface area contributed by atoms with E-state index in [9.17, 15) is 9.59 Å². The van der Waals surface area contributed by atoms with E-state index < -0.39 is 0 Å². The zero-order chi connectivity index (χ0) is 22.3. The predicted octanol–water partition coefficient (Wildman–Crippen LogP) is 3.41. The molecule has 1 amide bonds. The van der Waals surface area contributed by atoms with Crippen molar-refractivity contribution in [2.75, 3.05) is 44.2 Å². The molecule has 7 heteroatoms. The molecule has 0 saturated carbocycles. The summed E-state index contributed by atoms with van der Waals surface area (Å²) < 4.78 is 10.5. The van der Waals surface area contributed by atoms with E-state index in [0.717, 1.165) is 38.3 Å². The molecule has 4 rings (SSSR count). The second-order valence-corrected chi connectivity index (χ2v) is 8.23. The SMILES string of the molecule is CCOC(=O)CCN1CCN(c2ccc3c(c2)CN(C(=O)OCc2ccccc2)C3)CC1. The summed E-state index contributed by atoms with van der Waals surface area (Å²) in [5, 5.41) is 0. The number of esters is 1. The maximum Gasteiger partial charge on any atom is 0.410 e. The third-order valence-corrected chi connectivity index (χ3v) is 6.05. The molecular formula is C25H31N3O4. The lowest BCUT2D eigenvalue weighted by molar-refractivity contribution is -0.143. The van der Waals surface area contributed by atoms with Crippen LogP contribution in [0.15, 0.2) is 48.5 Å². The van der Waals surface area contributed by atoms with E-state index in [1.807, 2.05) is 37.3 Å². The first-order chi connectivity index (χ1) is 15.6. The molecule has 2 aromatic carbocycles. The van der Waals surface area contributed by atoms with Gasteiger partial charge in [-0.25, -0.2) is 4.79 Å².